The fourth-order valence-electron chi connectivity index (χ4n) is 3.64. The van der Waals surface area contributed by atoms with E-state index in [1.54, 1.807) is 46.4 Å². The number of rotatable bonds is 6. The summed E-state index contributed by atoms with van der Waals surface area (Å²) in [4.78, 5) is 40.3. The molecule has 1 heterocycles. The normalized spacial score (nSPS) is 14.9. The zero-order valence-corrected chi connectivity index (χ0v) is 21.5. The number of nitrogens with zero attached hydrogens (tertiary/aromatic N) is 2. The maximum atomic E-state index is 12.6. The zero-order valence-electron chi connectivity index (χ0n) is 21.5. The van der Waals surface area contributed by atoms with E-state index in [0.717, 1.165) is 29.7 Å². The van der Waals surface area contributed by atoms with Crippen LogP contribution in [0.15, 0.2) is 30.3 Å². The van der Waals surface area contributed by atoms with Gasteiger partial charge in [-0.05, 0) is 78.7 Å². The fourth-order valence-corrected chi connectivity index (χ4v) is 3.64. The number of likely N-dealkylation sites (tertiary alicyclic amines) is 1. The van der Waals surface area contributed by atoms with E-state index in [-0.39, 0.29) is 19.2 Å². The zero-order chi connectivity index (χ0) is 25.4. The van der Waals surface area contributed by atoms with Crippen molar-refractivity contribution in [3.63, 3.8) is 0 Å². The highest BCUT2D eigenvalue weighted by molar-refractivity contribution is 5.88. The molecule has 0 saturated carbocycles. The van der Waals surface area contributed by atoms with Crippen molar-refractivity contribution < 1.29 is 28.6 Å². The SMILES string of the molecule is CC(C)(C)OC(=O)N(CCCC1CCN(C(=O)OCc2ccccc2)CC1)C(=O)OC(C)(C)C. The van der Waals surface area contributed by atoms with Crippen molar-refractivity contribution in [2.24, 2.45) is 5.92 Å². The van der Waals surface area contributed by atoms with Crippen LogP contribution in [0, 0.1) is 5.92 Å². The minimum Gasteiger partial charge on any atom is -0.445 e. The molecule has 8 heteroatoms. The van der Waals surface area contributed by atoms with Gasteiger partial charge in [0.05, 0.1) is 0 Å². The van der Waals surface area contributed by atoms with Crippen LogP contribution in [-0.2, 0) is 20.8 Å². The Bertz CT molecular complexity index is 777. The van der Waals surface area contributed by atoms with E-state index in [4.69, 9.17) is 14.2 Å². The van der Waals surface area contributed by atoms with Gasteiger partial charge in [-0.3, -0.25) is 0 Å². The Morgan fingerprint density at radius 3 is 1.94 bits per heavy atom. The van der Waals surface area contributed by atoms with Gasteiger partial charge in [-0.25, -0.2) is 19.3 Å². The molecule has 0 aromatic heterocycles. The van der Waals surface area contributed by atoms with Gasteiger partial charge < -0.3 is 19.1 Å². The number of imide groups is 1. The summed E-state index contributed by atoms with van der Waals surface area (Å²) >= 11 is 0. The summed E-state index contributed by atoms with van der Waals surface area (Å²) in [5.41, 5.74) is -0.455. The van der Waals surface area contributed by atoms with Crippen LogP contribution in [-0.4, -0.2) is 58.9 Å². The second-order valence-electron chi connectivity index (χ2n) is 10.7. The first-order chi connectivity index (χ1) is 15.8. The van der Waals surface area contributed by atoms with Crippen LogP contribution >= 0.6 is 0 Å². The van der Waals surface area contributed by atoms with Gasteiger partial charge in [-0.15, -0.1) is 0 Å². The highest BCUT2D eigenvalue weighted by atomic mass is 16.6. The number of hydrogen-bond donors (Lipinski definition) is 0. The first kappa shape index (κ1) is 27.5. The molecule has 190 valence electrons. The second-order valence-corrected chi connectivity index (χ2v) is 10.7. The van der Waals surface area contributed by atoms with Crippen LogP contribution in [0.2, 0.25) is 0 Å². The first-order valence-electron chi connectivity index (χ1n) is 12.0. The molecule has 34 heavy (non-hydrogen) atoms. The lowest BCUT2D eigenvalue weighted by atomic mass is 9.92. The van der Waals surface area contributed by atoms with Crippen LogP contribution in [0.5, 0.6) is 0 Å². The summed E-state index contributed by atoms with van der Waals surface area (Å²) < 4.78 is 16.2. The average Bonchev–Trinajstić information content (AvgIpc) is 2.73. The maximum Gasteiger partial charge on any atom is 0.419 e. The van der Waals surface area contributed by atoms with Crippen LogP contribution in [0.25, 0.3) is 0 Å². The Morgan fingerprint density at radius 2 is 1.44 bits per heavy atom. The second kappa shape index (κ2) is 12.1. The third-order valence-electron chi connectivity index (χ3n) is 5.30. The number of piperidine rings is 1. The van der Waals surface area contributed by atoms with E-state index < -0.39 is 23.4 Å². The van der Waals surface area contributed by atoms with Crippen molar-refractivity contribution in [1.82, 2.24) is 9.80 Å². The molecule has 8 nitrogen and oxygen atoms in total. The van der Waals surface area contributed by atoms with Crippen LogP contribution in [0.3, 0.4) is 0 Å². The average molecular weight is 477 g/mol. The lowest BCUT2D eigenvalue weighted by molar-refractivity contribution is 0.000771. The number of carbonyl (C=O) groups excluding carboxylic acids is 3. The van der Waals surface area contributed by atoms with Gasteiger partial charge in [-0.1, -0.05) is 30.3 Å². The van der Waals surface area contributed by atoms with E-state index in [1.165, 1.54) is 0 Å². The predicted octanol–water partition coefficient (Wildman–Crippen LogP) is 5.99. The quantitative estimate of drug-likeness (QED) is 0.469. The molecule has 1 saturated heterocycles. The highest BCUT2D eigenvalue weighted by Crippen LogP contribution is 2.23. The number of amides is 3. The monoisotopic (exact) mass is 476 g/mol. The third kappa shape index (κ3) is 10.0. The molecule has 0 bridgehead atoms. The fraction of sp³-hybridized carbons (Fsp3) is 0.654. The minimum atomic E-state index is -0.709. The third-order valence-corrected chi connectivity index (χ3v) is 5.30. The number of benzene rings is 1. The van der Waals surface area contributed by atoms with E-state index >= 15 is 0 Å². The molecule has 0 aliphatic carbocycles. The summed E-state index contributed by atoms with van der Waals surface area (Å²) in [5.74, 6) is 0.414. The van der Waals surface area contributed by atoms with E-state index in [0.29, 0.717) is 25.4 Å². The lowest BCUT2D eigenvalue weighted by Crippen LogP contribution is -2.44. The Hall–Kier alpha value is -2.77. The molecule has 0 unspecified atom stereocenters. The predicted molar refractivity (Wildman–Crippen MR) is 129 cm³/mol. The first-order valence-corrected chi connectivity index (χ1v) is 12.0. The van der Waals surface area contributed by atoms with Crippen molar-refractivity contribution >= 4 is 18.3 Å². The van der Waals surface area contributed by atoms with Crippen LogP contribution in [0.1, 0.15) is 72.8 Å². The lowest BCUT2D eigenvalue weighted by Gasteiger charge is -2.32. The largest absolute Gasteiger partial charge is 0.445 e. The summed E-state index contributed by atoms with van der Waals surface area (Å²) in [6.07, 6.45) is 1.52. The Kier molecular flexibility index (Phi) is 9.77. The summed E-state index contributed by atoms with van der Waals surface area (Å²) in [6.45, 7) is 12.3. The number of hydrogen-bond acceptors (Lipinski definition) is 6. The summed E-state index contributed by atoms with van der Waals surface area (Å²) in [6, 6.07) is 9.62. The Morgan fingerprint density at radius 1 is 0.912 bits per heavy atom. The molecule has 0 atom stereocenters. The van der Waals surface area contributed by atoms with Crippen molar-refractivity contribution in [1.29, 1.82) is 0 Å². The van der Waals surface area contributed by atoms with Crippen molar-refractivity contribution in [2.75, 3.05) is 19.6 Å². The van der Waals surface area contributed by atoms with Crippen molar-refractivity contribution in [3.05, 3.63) is 35.9 Å². The molecule has 1 aromatic rings. The molecule has 1 aliphatic heterocycles. The van der Waals surface area contributed by atoms with Gasteiger partial charge in [0.15, 0.2) is 0 Å². The molecule has 0 N–H and O–H groups in total. The Labute approximate surface area is 203 Å². The molecule has 3 amide bonds. The van der Waals surface area contributed by atoms with E-state index in [9.17, 15) is 14.4 Å². The highest BCUT2D eigenvalue weighted by Gasteiger charge is 2.31. The number of ether oxygens (including phenoxy) is 3. The van der Waals surface area contributed by atoms with Gasteiger partial charge in [0.2, 0.25) is 0 Å². The van der Waals surface area contributed by atoms with Gasteiger partial charge >= 0.3 is 18.3 Å². The van der Waals surface area contributed by atoms with Crippen molar-refractivity contribution in [2.45, 2.75) is 85.0 Å². The number of carbonyl (C=O) groups is 3. The summed E-state index contributed by atoms with van der Waals surface area (Å²) in [5, 5.41) is 0. The van der Waals surface area contributed by atoms with Gasteiger partial charge in [0.1, 0.15) is 17.8 Å². The van der Waals surface area contributed by atoms with Gasteiger partial charge in [0.25, 0.3) is 0 Å². The van der Waals surface area contributed by atoms with Crippen molar-refractivity contribution in [3.8, 4) is 0 Å². The maximum absolute atomic E-state index is 12.6. The van der Waals surface area contributed by atoms with E-state index in [2.05, 4.69) is 0 Å². The standard InChI is InChI=1S/C26H40N2O6/c1-25(2,3)33-23(30)28(24(31)34-26(4,5)6)16-10-13-20-14-17-27(18-15-20)22(29)32-19-21-11-8-7-9-12-21/h7-9,11-12,20H,10,13-19H2,1-6H3. The van der Waals surface area contributed by atoms with Crippen LogP contribution < -0.4 is 0 Å². The molecule has 1 aromatic carbocycles. The molecule has 0 radical (unpaired) electrons. The molecule has 1 fully saturated rings. The van der Waals surface area contributed by atoms with Gasteiger partial charge in [-0.2, -0.15) is 0 Å². The molecular weight excluding hydrogens is 436 g/mol. The smallest absolute Gasteiger partial charge is 0.419 e. The molecular formula is C26H40N2O6. The molecule has 0 spiro atoms. The Balaban J connectivity index is 1.79. The van der Waals surface area contributed by atoms with E-state index in [1.807, 2.05) is 30.3 Å². The summed E-state index contributed by atoms with van der Waals surface area (Å²) in [7, 11) is 0. The minimum absolute atomic E-state index is 0.225. The molecule has 2 rings (SSSR count). The van der Waals surface area contributed by atoms with Crippen LogP contribution in [0.4, 0.5) is 14.4 Å². The van der Waals surface area contributed by atoms with Gasteiger partial charge in [0, 0.05) is 19.6 Å². The molecule has 1 aliphatic rings. The topological polar surface area (TPSA) is 85.4 Å².